The Morgan fingerprint density at radius 2 is 2.12 bits per heavy atom. The van der Waals surface area contributed by atoms with Crippen LogP contribution in [0.5, 0.6) is 5.75 Å². The molecule has 0 heterocycles. The summed E-state index contributed by atoms with van der Waals surface area (Å²) in [5.74, 6) is 0.900. The van der Waals surface area contributed by atoms with Crippen molar-refractivity contribution in [3.63, 3.8) is 0 Å². The van der Waals surface area contributed by atoms with Crippen LogP contribution in [0.1, 0.15) is 32.3 Å². The molecule has 0 aliphatic carbocycles. The van der Waals surface area contributed by atoms with Crippen molar-refractivity contribution < 1.29 is 4.74 Å². The molecule has 0 saturated heterocycles. The maximum absolute atomic E-state index is 5.99. The van der Waals surface area contributed by atoms with Gasteiger partial charge in [0.05, 0.1) is 0 Å². The number of aryl methyl sites for hydroxylation is 1. The van der Waals surface area contributed by atoms with Crippen molar-refractivity contribution >= 4 is 11.6 Å². The highest BCUT2D eigenvalue weighted by Gasteiger charge is 2.08. The van der Waals surface area contributed by atoms with Crippen LogP contribution in [-0.4, -0.2) is 19.2 Å². The third-order valence-electron chi connectivity index (χ3n) is 2.69. The second kappa shape index (κ2) is 7.57. The molecule has 0 fully saturated rings. The monoisotopic (exact) mass is 255 g/mol. The lowest BCUT2D eigenvalue weighted by atomic mass is 10.2. The number of benzene rings is 1. The second-order valence-electron chi connectivity index (χ2n) is 4.26. The van der Waals surface area contributed by atoms with E-state index in [-0.39, 0.29) is 6.10 Å². The van der Waals surface area contributed by atoms with Gasteiger partial charge in [-0.05, 0) is 50.1 Å². The summed E-state index contributed by atoms with van der Waals surface area (Å²) in [5, 5.41) is 4.17. The Labute approximate surface area is 109 Å². The molecule has 0 amide bonds. The number of rotatable bonds is 7. The molecule has 1 aromatic rings. The third kappa shape index (κ3) is 4.97. The SMILES string of the molecule is CCCNCC(CC)Oc1ccc(Cl)c(C)c1. The molecular formula is C14H22ClNO. The Morgan fingerprint density at radius 1 is 1.35 bits per heavy atom. The molecule has 17 heavy (non-hydrogen) atoms. The van der Waals surface area contributed by atoms with Gasteiger partial charge in [0.2, 0.25) is 0 Å². The molecule has 0 aromatic heterocycles. The molecule has 0 aliphatic heterocycles. The average Bonchev–Trinajstić information content (AvgIpc) is 2.32. The van der Waals surface area contributed by atoms with Gasteiger partial charge in [0.15, 0.2) is 0 Å². The van der Waals surface area contributed by atoms with Gasteiger partial charge >= 0.3 is 0 Å². The van der Waals surface area contributed by atoms with Crippen molar-refractivity contribution in [2.24, 2.45) is 0 Å². The van der Waals surface area contributed by atoms with Gasteiger partial charge in [0.1, 0.15) is 11.9 Å². The second-order valence-corrected chi connectivity index (χ2v) is 4.67. The maximum Gasteiger partial charge on any atom is 0.120 e. The van der Waals surface area contributed by atoms with Crippen molar-refractivity contribution in [1.29, 1.82) is 0 Å². The first kappa shape index (κ1) is 14.3. The Hall–Kier alpha value is -0.730. The molecule has 1 N–H and O–H groups in total. The van der Waals surface area contributed by atoms with E-state index in [0.29, 0.717) is 0 Å². The summed E-state index contributed by atoms with van der Waals surface area (Å²) in [7, 11) is 0. The fourth-order valence-corrected chi connectivity index (χ4v) is 1.71. The normalized spacial score (nSPS) is 12.5. The minimum atomic E-state index is 0.224. The lowest BCUT2D eigenvalue weighted by Gasteiger charge is -2.18. The first-order valence-corrected chi connectivity index (χ1v) is 6.68. The maximum atomic E-state index is 5.99. The van der Waals surface area contributed by atoms with Gasteiger partial charge in [0.25, 0.3) is 0 Å². The van der Waals surface area contributed by atoms with E-state index in [9.17, 15) is 0 Å². The number of hydrogen-bond donors (Lipinski definition) is 1. The van der Waals surface area contributed by atoms with Crippen LogP contribution in [0.3, 0.4) is 0 Å². The Morgan fingerprint density at radius 3 is 2.71 bits per heavy atom. The van der Waals surface area contributed by atoms with Gasteiger partial charge in [-0.1, -0.05) is 25.4 Å². The van der Waals surface area contributed by atoms with Crippen molar-refractivity contribution in [3.8, 4) is 5.75 Å². The predicted molar refractivity (Wildman–Crippen MR) is 74.1 cm³/mol. The van der Waals surface area contributed by atoms with Crippen LogP contribution in [0.25, 0.3) is 0 Å². The molecule has 3 heteroatoms. The average molecular weight is 256 g/mol. The number of halogens is 1. The summed E-state index contributed by atoms with van der Waals surface area (Å²) in [4.78, 5) is 0. The summed E-state index contributed by atoms with van der Waals surface area (Å²) < 4.78 is 5.92. The van der Waals surface area contributed by atoms with Crippen molar-refractivity contribution in [2.45, 2.75) is 39.7 Å². The van der Waals surface area contributed by atoms with Gasteiger partial charge in [-0.2, -0.15) is 0 Å². The minimum Gasteiger partial charge on any atom is -0.489 e. The number of nitrogens with one attached hydrogen (secondary N) is 1. The molecule has 1 aromatic carbocycles. The smallest absolute Gasteiger partial charge is 0.120 e. The standard InChI is InChI=1S/C14H22ClNO/c1-4-8-16-10-12(5-2)17-13-6-7-14(15)11(3)9-13/h6-7,9,12,16H,4-5,8,10H2,1-3H3. The summed E-state index contributed by atoms with van der Waals surface area (Å²) >= 11 is 5.99. The highest BCUT2D eigenvalue weighted by molar-refractivity contribution is 6.31. The van der Waals surface area contributed by atoms with Gasteiger partial charge in [-0.3, -0.25) is 0 Å². The van der Waals surface area contributed by atoms with Gasteiger partial charge in [0, 0.05) is 11.6 Å². The zero-order chi connectivity index (χ0) is 12.7. The molecule has 2 nitrogen and oxygen atoms in total. The van der Waals surface area contributed by atoms with Crippen LogP contribution in [0.2, 0.25) is 5.02 Å². The van der Waals surface area contributed by atoms with E-state index >= 15 is 0 Å². The zero-order valence-corrected chi connectivity index (χ0v) is 11.7. The summed E-state index contributed by atoms with van der Waals surface area (Å²) in [6.07, 6.45) is 2.37. The largest absolute Gasteiger partial charge is 0.489 e. The Bertz CT molecular complexity index is 341. The van der Waals surface area contributed by atoms with Gasteiger partial charge < -0.3 is 10.1 Å². The predicted octanol–water partition coefficient (Wildman–Crippen LogP) is 3.81. The fraction of sp³-hybridized carbons (Fsp3) is 0.571. The molecule has 0 radical (unpaired) electrons. The first-order valence-electron chi connectivity index (χ1n) is 6.30. The molecule has 0 aliphatic rings. The quantitative estimate of drug-likeness (QED) is 0.749. The molecular weight excluding hydrogens is 234 g/mol. The zero-order valence-electron chi connectivity index (χ0n) is 10.9. The van der Waals surface area contributed by atoms with Crippen molar-refractivity contribution in [3.05, 3.63) is 28.8 Å². The van der Waals surface area contributed by atoms with E-state index < -0.39 is 0 Å². The Balaban J connectivity index is 2.51. The van der Waals surface area contributed by atoms with E-state index in [0.717, 1.165) is 42.3 Å². The molecule has 0 saturated carbocycles. The fourth-order valence-electron chi connectivity index (χ4n) is 1.59. The topological polar surface area (TPSA) is 21.3 Å². The van der Waals surface area contributed by atoms with E-state index in [2.05, 4.69) is 19.2 Å². The van der Waals surface area contributed by atoms with E-state index in [1.165, 1.54) is 0 Å². The van der Waals surface area contributed by atoms with Gasteiger partial charge in [-0.25, -0.2) is 0 Å². The van der Waals surface area contributed by atoms with Crippen LogP contribution < -0.4 is 10.1 Å². The molecule has 1 atom stereocenters. The number of ether oxygens (including phenoxy) is 1. The molecule has 0 bridgehead atoms. The molecule has 1 rings (SSSR count). The molecule has 1 unspecified atom stereocenters. The van der Waals surface area contributed by atoms with Crippen LogP contribution in [0.4, 0.5) is 0 Å². The molecule has 0 spiro atoms. The minimum absolute atomic E-state index is 0.224. The van der Waals surface area contributed by atoms with Crippen molar-refractivity contribution in [1.82, 2.24) is 5.32 Å². The van der Waals surface area contributed by atoms with Gasteiger partial charge in [-0.15, -0.1) is 0 Å². The highest BCUT2D eigenvalue weighted by Crippen LogP contribution is 2.22. The molecule has 96 valence electrons. The van der Waals surface area contributed by atoms with Crippen LogP contribution in [0.15, 0.2) is 18.2 Å². The first-order chi connectivity index (χ1) is 8.17. The van der Waals surface area contributed by atoms with Crippen LogP contribution >= 0.6 is 11.6 Å². The van der Waals surface area contributed by atoms with Crippen LogP contribution in [-0.2, 0) is 0 Å². The lowest BCUT2D eigenvalue weighted by molar-refractivity contribution is 0.193. The third-order valence-corrected chi connectivity index (χ3v) is 3.11. The van der Waals surface area contributed by atoms with Crippen LogP contribution in [0, 0.1) is 6.92 Å². The van der Waals surface area contributed by atoms with Crippen molar-refractivity contribution in [2.75, 3.05) is 13.1 Å². The summed E-state index contributed by atoms with van der Waals surface area (Å²) in [6.45, 7) is 8.23. The summed E-state index contributed by atoms with van der Waals surface area (Å²) in [6, 6.07) is 5.81. The summed E-state index contributed by atoms with van der Waals surface area (Å²) in [5.41, 5.74) is 1.06. The lowest BCUT2D eigenvalue weighted by Crippen LogP contribution is -2.31. The highest BCUT2D eigenvalue weighted by atomic mass is 35.5. The van der Waals surface area contributed by atoms with E-state index in [1.807, 2.05) is 25.1 Å². The number of hydrogen-bond acceptors (Lipinski definition) is 2. The van der Waals surface area contributed by atoms with E-state index in [4.69, 9.17) is 16.3 Å². The Kier molecular flexibility index (Phi) is 6.38. The van der Waals surface area contributed by atoms with E-state index in [1.54, 1.807) is 0 Å².